The minimum atomic E-state index is -1.04. The van der Waals surface area contributed by atoms with E-state index in [9.17, 15) is 5.11 Å². The zero-order chi connectivity index (χ0) is 12.3. The molecule has 0 saturated carbocycles. The summed E-state index contributed by atoms with van der Waals surface area (Å²) in [6.07, 6.45) is 2.04. The number of pyridine rings is 1. The van der Waals surface area contributed by atoms with Crippen LogP contribution in [0.2, 0.25) is 0 Å². The maximum atomic E-state index is 9.58. The van der Waals surface area contributed by atoms with Gasteiger partial charge in [-0.25, -0.2) is 4.98 Å². The summed E-state index contributed by atoms with van der Waals surface area (Å²) in [5.74, 6) is 0.448. The number of aromatic nitrogens is 2. The van der Waals surface area contributed by atoms with Crippen LogP contribution in [0.4, 0.5) is 0 Å². The van der Waals surface area contributed by atoms with Gasteiger partial charge < -0.3 is 14.3 Å². The second kappa shape index (κ2) is 5.07. The highest BCUT2D eigenvalue weighted by Crippen LogP contribution is 2.21. The quantitative estimate of drug-likeness (QED) is 0.820. The van der Waals surface area contributed by atoms with Gasteiger partial charge in [0.15, 0.2) is 0 Å². The molecule has 0 saturated heterocycles. The number of aryl methyl sites for hydroxylation is 1. The van der Waals surface area contributed by atoms with Crippen molar-refractivity contribution in [1.29, 1.82) is 0 Å². The van der Waals surface area contributed by atoms with Crippen LogP contribution in [0, 0.1) is 6.92 Å². The molecule has 1 atom stereocenters. The lowest BCUT2D eigenvalue weighted by atomic mass is 10.2. The molecule has 2 aromatic rings. The predicted octanol–water partition coefficient (Wildman–Crippen LogP) is 2.07. The van der Waals surface area contributed by atoms with E-state index in [2.05, 4.69) is 9.97 Å². The molecular formula is C12H14N2O3. The number of aliphatic hydroxyl groups excluding tert-OH is 1. The first-order valence-electron chi connectivity index (χ1n) is 5.39. The highest BCUT2D eigenvalue weighted by atomic mass is 16.6. The van der Waals surface area contributed by atoms with E-state index in [-0.39, 0.29) is 0 Å². The molecule has 1 unspecified atom stereocenters. The van der Waals surface area contributed by atoms with Crippen molar-refractivity contribution in [3.8, 4) is 11.5 Å². The first-order valence-corrected chi connectivity index (χ1v) is 5.39. The molecule has 0 amide bonds. The summed E-state index contributed by atoms with van der Waals surface area (Å²) in [5.41, 5.74) is 2.08. The lowest BCUT2D eigenvalue weighted by molar-refractivity contribution is -0.101. The van der Waals surface area contributed by atoms with Gasteiger partial charge in [0.05, 0.1) is 0 Å². The van der Waals surface area contributed by atoms with Gasteiger partial charge in [0, 0.05) is 24.1 Å². The van der Waals surface area contributed by atoms with E-state index in [1.54, 1.807) is 19.2 Å². The van der Waals surface area contributed by atoms with E-state index < -0.39 is 6.29 Å². The van der Waals surface area contributed by atoms with E-state index in [0.29, 0.717) is 18.2 Å². The summed E-state index contributed by atoms with van der Waals surface area (Å²) in [7, 11) is 0. The fourth-order valence-electron chi connectivity index (χ4n) is 1.45. The second-order valence-corrected chi connectivity index (χ2v) is 3.57. The molecule has 0 spiro atoms. The van der Waals surface area contributed by atoms with Gasteiger partial charge in [-0.15, -0.1) is 0 Å². The topological polar surface area (TPSA) is 68.4 Å². The highest BCUT2D eigenvalue weighted by molar-refractivity contribution is 5.52. The molecule has 0 aliphatic carbocycles. The molecule has 0 fully saturated rings. The van der Waals surface area contributed by atoms with Gasteiger partial charge in [0.25, 0.3) is 0 Å². The predicted molar refractivity (Wildman–Crippen MR) is 61.1 cm³/mol. The summed E-state index contributed by atoms with van der Waals surface area (Å²) in [6, 6.07) is 3.67. The summed E-state index contributed by atoms with van der Waals surface area (Å²) < 4.78 is 10.3. The number of ether oxygens (including phenoxy) is 1. The molecule has 5 heteroatoms. The van der Waals surface area contributed by atoms with E-state index in [1.807, 2.05) is 13.0 Å². The Morgan fingerprint density at radius 3 is 3.06 bits per heavy atom. The van der Waals surface area contributed by atoms with Crippen LogP contribution in [0.15, 0.2) is 29.0 Å². The van der Waals surface area contributed by atoms with Crippen molar-refractivity contribution in [2.45, 2.75) is 20.1 Å². The largest absolute Gasteiger partial charge is 0.444 e. The van der Waals surface area contributed by atoms with Gasteiger partial charge in [-0.1, -0.05) is 0 Å². The van der Waals surface area contributed by atoms with Crippen LogP contribution in [-0.4, -0.2) is 21.7 Å². The molecule has 0 aromatic carbocycles. The fourth-order valence-corrected chi connectivity index (χ4v) is 1.45. The van der Waals surface area contributed by atoms with Crippen molar-refractivity contribution in [2.75, 3.05) is 6.61 Å². The van der Waals surface area contributed by atoms with Crippen LogP contribution in [0.25, 0.3) is 11.5 Å². The smallest absolute Gasteiger partial charge is 0.226 e. The normalized spacial score (nSPS) is 12.6. The molecule has 0 radical (unpaired) electrons. The molecule has 0 aliphatic rings. The Bertz CT molecular complexity index is 496. The molecule has 17 heavy (non-hydrogen) atoms. The number of oxazole rings is 1. The second-order valence-electron chi connectivity index (χ2n) is 3.57. The molecule has 2 aromatic heterocycles. The summed E-state index contributed by atoms with van der Waals surface area (Å²) >= 11 is 0. The lowest BCUT2D eigenvalue weighted by Crippen LogP contribution is -2.02. The van der Waals surface area contributed by atoms with Gasteiger partial charge in [-0.05, 0) is 26.0 Å². The lowest BCUT2D eigenvalue weighted by Gasteiger charge is -2.05. The summed E-state index contributed by atoms with van der Waals surface area (Å²) in [6.45, 7) is 4.11. The Kier molecular flexibility index (Phi) is 3.51. The first-order chi connectivity index (χ1) is 8.20. The minimum absolute atomic E-state index is 0.372. The Balaban J connectivity index is 2.23. The molecule has 2 rings (SSSR count). The van der Waals surface area contributed by atoms with Crippen LogP contribution in [0.3, 0.4) is 0 Å². The van der Waals surface area contributed by atoms with Crippen LogP contribution >= 0.6 is 0 Å². The number of rotatable bonds is 4. The van der Waals surface area contributed by atoms with Crippen molar-refractivity contribution in [3.05, 3.63) is 36.0 Å². The summed E-state index contributed by atoms with van der Waals surface area (Å²) in [4.78, 5) is 8.26. The van der Waals surface area contributed by atoms with Crippen LogP contribution < -0.4 is 0 Å². The molecule has 90 valence electrons. The van der Waals surface area contributed by atoms with E-state index in [1.165, 1.54) is 6.26 Å². The minimum Gasteiger partial charge on any atom is -0.444 e. The van der Waals surface area contributed by atoms with Crippen LogP contribution in [0.1, 0.15) is 24.6 Å². The molecule has 0 bridgehead atoms. The van der Waals surface area contributed by atoms with Crippen molar-refractivity contribution in [2.24, 2.45) is 0 Å². The number of hydrogen-bond donors (Lipinski definition) is 1. The molecule has 2 heterocycles. The average molecular weight is 234 g/mol. The van der Waals surface area contributed by atoms with Crippen molar-refractivity contribution in [1.82, 2.24) is 9.97 Å². The monoisotopic (exact) mass is 234 g/mol. The van der Waals surface area contributed by atoms with Crippen molar-refractivity contribution < 1.29 is 14.3 Å². The third-order valence-electron chi connectivity index (χ3n) is 2.24. The van der Waals surface area contributed by atoms with E-state index in [0.717, 1.165) is 11.3 Å². The third-order valence-corrected chi connectivity index (χ3v) is 2.24. The van der Waals surface area contributed by atoms with E-state index in [4.69, 9.17) is 9.15 Å². The Hall–Kier alpha value is -1.72. The Morgan fingerprint density at radius 1 is 1.53 bits per heavy atom. The van der Waals surface area contributed by atoms with Gasteiger partial charge in [-0.3, -0.25) is 4.98 Å². The van der Waals surface area contributed by atoms with Crippen LogP contribution in [0.5, 0.6) is 0 Å². The highest BCUT2D eigenvalue weighted by Gasteiger charge is 2.14. The average Bonchev–Trinajstić information content (AvgIpc) is 2.78. The molecule has 0 aliphatic heterocycles. The van der Waals surface area contributed by atoms with Crippen molar-refractivity contribution in [3.63, 3.8) is 0 Å². The number of aliphatic hydroxyl groups is 1. The Labute approximate surface area is 99.1 Å². The molecule has 5 nitrogen and oxygen atoms in total. The van der Waals surface area contributed by atoms with Crippen molar-refractivity contribution >= 4 is 0 Å². The maximum Gasteiger partial charge on any atom is 0.226 e. The third kappa shape index (κ3) is 2.69. The molecular weight excluding hydrogens is 220 g/mol. The molecule has 1 N–H and O–H groups in total. The zero-order valence-corrected chi connectivity index (χ0v) is 9.75. The van der Waals surface area contributed by atoms with Crippen LogP contribution in [-0.2, 0) is 4.74 Å². The fraction of sp³-hybridized carbons (Fsp3) is 0.333. The van der Waals surface area contributed by atoms with Gasteiger partial charge in [0.2, 0.25) is 12.2 Å². The first kappa shape index (κ1) is 11.8. The SMILES string of the molecule is CCOC(O)c1coc(-c2ccnc(C)c2)n1. The number of nitrogens with zero attached hydrogens (tertiary/aromatic N) is 2. The summed E-state index contributed by atoms with van der Waals surface area (Å²) in [5, 5.41) is 9.58. The van der Waals surface area contributed by atoms with Gasteiger partial charge in [0.1, 0.15) is 12.0 Å². The van der Waals surface area contributed by atoms with E-state index >= 15 is 0 Å². The van der Waals surface area contributed by atoms with Gasteiger partial charge in [-0.2, -0.15) is 0 Å². The number of hydrogen-bond acceptors (Lipinski definition) is 5. The standard InChI is InChI=1S/C12H14N2O3/c1-3-16-12(15)10-7-17-11(14-10)9-4-5-13-8(2)6-9/h4-7,12,15H,3H2,1-2H3. The van der Waals surface area contributed by atoms with Gasteiger partial charge >= 0.3 is 0 Å². The zero-order valence-electron chi connectivity index (χ0n) is 9.75. The maximum absolute atomic E-state index is 9.58. The Morgan fingerprint density at radius 2 is 2.35 bits per heavy atom.